The highest BCUT2D eigenvalue weighted by molar-refractivity contribution is 5.97. The van der Waals surface area contributed by atoms with Gasteiger partial charge in [-0.05, 0) is 17.5 Å². The summed E-state index contributed by atoms with van der Waals surface area (Å²) in [7, 11) is 0. The summed E-state index contributed by atoms with van der Waals surface area (Å²) in [6, 6.07) is 13.9. The van der Waals surface area contributed by atoms with Crippen LogP contribution in [0.25, 0.3) is 0 Å². The van der Waals surface area contributed by atoms with E-state index in [1.54, 1.807) is 18.2 Å². The Bertz CT molecular complexity index is 603. The van der Waals surface area contributed by atoms with Crippen LogP contribution < -0.4 is 0 Å². The van der Waals surface area contributed by atoms with Gasteiger partial charge in [-0.1, -0.05) is 56.3 Å². The van der Waals surface area contributed by atoms with Gasteiger partial charge in [0.1, 0.15) is 12.4 Å². The van der Waals surface area contributed by atoms with Gasteiger partial charge in [0.15, 0.2) is 5.78 Å². The zero-order valence-electron chi connectivity index (χ0n) is 12.3. The molecule has 0 spiro atoms. The van der Waals surface area contributed by atoms with Gasteiger partial charge in [0.25, 0.3) is 0 Å². The van der Waals surface area contributed by atoms with E-state index in [-0.39, 0.29) is 24.8 Å². The molecule has 2 aromatic rings. The fourth-order valence-corrected chi connectivity index (χ4v) is 2.01. The molecule has 0 aliphatic rings. The maximum atomic E-state index is 13.4. The van der Waals surface area contributed by atoms with Crippen LogP contribution in [0, 0.1) is 5.82 Å². The first kappa shape index (κ1) is 15.4. The van der Waals surface area contributed by atoms with E-state index in [4.69, 9.17) is 4.74 Å². The molecular formula is C18H19FO2. The predicted octanol–water partition coefficient (Wildman–Crippen LogP) is 4.35. The van der Waals surface area contributed by atoms with Crippen molar-refractivity contribution >= 4 is 5.78 Å². The van der Waals surface area contributed by atoms with Crippen molar-refractivity contribution in [2.75, 3.05) is 6.61 Å². The number of rotatable bonds is 6. The van der Waals surface area contributed by atoms with Gasteiger partial charge in [-0.15, -0.1) is 0 Å². The molecule has 0 aliphatic carbocycles. The second-order valence-electron chi connectivity index (χ2n) is 5.28. The van der Waals surface area contributed by atoms with Crippen LogP contribution in [-0.2, 0) is 11.3 Å². The van der Waals surface area contributed by atoms with Crippen LogP contribution in [0.5, 0.6) is 0 Å². The van der Waals surface area contributed by atoms with Gasteiger partial charge in [0.05, 0.1) is 6.61 Å². The third-order valence-corrected chi connectivity index (χ3v) is 3.35. The van der Waals surface area contributed by atoms with Crippen LogP contribution in [0.2, 0.25) is 0 Å². The molecule has 2 nitrogen and oxygen atoms in total. The van der Waals surface area contributed by atoms with E-state index in [9.17, 15) is 9.18 Å². The van der Waals surface area contributed by atoms with E-state index in [0.717, 1.165) is 0 Å². The van der Waals surface area contributed by atoms with Crippen LogP contribution in [0.15, 0.2) is 48.5 Å². The minimum absolute atomic E-state index is 0.0463. The van der Waals surface area contributed by atoms with E-state index < -0.39 is 0 Å². The first-order valence-corrected chi connectivity index (χ1v) is 7.02. The summed E-state index contributed by atoms with van der Waals surface area (Å²) in [4.78, 5) is 12.0. The first-order valence-electron chi connectivity index (χ1n) is 7.02. The molecule has 110 valence electrons. The van der Waals surface area contributed by atoms with Crippen LogP contribution in [0.1, 0.15) is 41.3 Å². The Balaban J connectivity index is 1.88. The Morgan fingerprint density at radius 1 is 1.10 bits per heavy atom. The molecule has 2 rings (SSSR count). The van der Waals surface area contributed by atoms with Crippen molar-refractivity contribution in [3.05, 3.63) is 71.0 Å². The Kier molecular flexibility index (Phi) is 5.23. The van der Waals surface area contributed by atoms with Gasteiger partial charge in [-0.3, -0.25) is 4.79 Å². The van der Waals surface area contributed by atoms with Crippen LogP contribution in [-0.4, -0.2) is 12.4 Å². The Morgan fingerprint density at radius 3 is 2.38 bits per heavy atom. The van der Waals surface area contributed by atoms with Gasteiger partial charge in [0.2, 0.25) is 0 Å². The molecule has 0 heterocycles. The van der Waals surface area contributed by atoms with Crippen LogP contribution >= 0.6 is 0 Å². The normalized spacial score (nSPS) is 10.9. The lowest BCUT2D eigenvalue weighted by Crippen LogP contribution is -2.09. The number of hydrogen-bond acceptors (Lipinski definition) is 2. The monoisotopic (exact) mass is 286 g/mol. The maximum Gasteiger partial charge on any atom is 0.188 e. The van der Waals surface area contributed by atoms with Crippen molar-refractivity contribution in [1.29, 1.82) is 0 Å². The highest BCUT2D eigenvalue weighted by atomic mass is 19.1. The van der Waals surface area contributed by atoms with E-state index in [1.165, 1.54) is 11.6 Å². The van der Waals surface area contributed by atoms with Crippen molar-refractivity contribution in [2.24, 2.45) is 0 Å². The minimum atomic E-state index is -0.314. The summed E-state index contributed by atoms with van der Waals surface area (Å²) in [6.45, 7) is 4.26. The van der Waals surface area contributed by atoms with Crippen molar-refractivity contribution in [3.63, 3.8) is 0 Å². The molecule has 0 atom stereocenters. The lowest BCUT2D eigenvalue weighted by molar-refractivity contribution is 0.0721. The molecule has 0 saturated carbocycles. The summed E-state index contributed by atoms with van der Waals surface area (Å²) in [5.74, 6) is 0.0272. The van der Waals surface area contributed by atoms with E-state index in [1.807, 2.05) is 24.3 Å². The minimum Gasteiger partial charge on any atom is -0.369 e. The highest BCUT2D eigenvalue weighted by Gasteiger charge is 2.08. The summed E-state index contributed by atoms with van der Waals surface area (Å²) in [5, 5.41) is 0. The zero-order chi connectivity index (χ0) is 15.2. The predicted molar refractivity (Wildman–Crippen MR) is 80.9 cm³/mol. The first-order chi connectivity index (χ1) is 10.1. The highest BCUT2D eigenvalue weighted by Crippen LogP contribution is 2.15. The largest absolute Gasteiger partial charge is 0.369 e. The third-order valence-electron chi connectivity index (χ3n) is 3.35. The Hall–Kier alpha value is -2.00. The summed E-state index contributed by atoms with van der Waals surface area (Å²) in [5.41, 5.74) is 2.27. The molecule has 2 aromatic carbocycles. The number of hydrogen-bond donors (Lipinski definition) is 0. The fourth-order valence-electron chi connectivity index (χ4n) is 2.01. The topological polar surface area (TPSA) is 26.3 Å². The van der Waals surface area contributed by atoms with Crippen molar-refractivity contribution in [3.8, 4) is 0 Å². The van der Waals surface area contributed by atoms with Crippen molar-refractivity contribution < 1.29 is 13.9 Å². The van der Waals surface area contributed by atoms with Crippen LogP contribution in [0.3, 0.4) is 0 Å². The van der Waals surface area contributed by atoms with Gasteiger partial charge in [0, 0.05) is 11.1 Å². The molecule has 0 amide bonds. The van der Waals surface area contributed by atoms with E-state index in [0.29, 0.717) is 17.0 Å². The Morgan fingerprint density at radius 2 is 1.76 bits per heavy atom. The number of Topliss-reactive ketones (excluding diaryl/α,β-unsaturated/α-hetero) is 1. The van der Waals surface area contributed by atoms with Gasteiger partial charge in [-0.25, -0.2) is 4.39 Å². The second-order valence-corrected chi connectivity index (χ2v) is 5.28. The van der Waals surface area contributed by atoms with Gasteiger partial charge >= 0.3 is 0 Å². The zero-order valence-corrected chi connectivity index (χ0v) is 12.3. The lowest BCUT2D eigenvalue weighted by Gasteiger charge is -2.07. The van der Waals surface area contributed by atoms with E-state index in [2.05, 4.69) is 13.8 Å². The molecule has 0 fully saturated rings. The summed E-state index contributed by atoms with van der Waals surface area (Å²) in [6.07, 6.45) is 0. The fraction of sp³-hybridized carbons (Fsp3) is 0.278. The molecule has 0 aliphatic heterocycles. The average molecular weight is 286 g/mol. The third kappa shape index (κ3) is 4.23. The van der Waals surface area contributed by atoms with Gasteiger partial charge in [-0.2, -0.15) is 0 Å². The Labute approximate surface area is 124 Å². The molecule has 3 heteroatoms. The van der Waals surface area contributed by atoms with E-state index >= 15 is 0 Å². The molecule has 21 heavy (non-hydrogen) atoms. The standard InChI is InChI=1S/C18H19FO2/c1-13(2)14-7-9-15(10-8-14)18(20)12-21-11-16-5-3-4-6-17(16)19/h3-10,13H,11-12H2,1-2H3. The number of ether oxygens (including phenoxy) is 1. The number of carbonyl (C=O) groups is 1. The molecule has 0 saturated heterocycles. The van der Waals surface area contributed by atoms with Crippen LogP contribution in [0.4, 0.5) is 4.39 Å². The molecule has 0 radical (unpaired) electrons. The number of ketones is 1. The molecule has 0 N–H and O–H groups in total. The number of halogens is 1. The summed E-state index contributed by atoms with van der Waals surface area (Å²) >= 11 is 0. The maximum absolute atomic E-state index is 13.4. The van der Waals surface area contributed by atoms with Gasteiger partial charge < -0.3 is 4.74 Å². The number of carbonyl (C=O) groups excluding carboxylic acids is 1. The van der Waals surface area contributed by atoms with Crippen molar-refractivity contribution in [2.45, 2.75) is 26.4 Å². The molecule has 0 aromatic heterocycles. The molecular weight excluding hydrogens is 267 g/mol. The lowest BCUT2D eigenvalue weighted by atomic mass is 10.0. The molecule has 0 unspecified atom stereocenters. The van der Waals surface area contributed by atoms with Crippen molar-refractivity contribution in [1.82, 2.24) is 0 Å². The number of benzene rings is 2. The second kappa shape index (κ2) is 7.14. The summed E-state index contributed by atoms with van der Waals surface area (Å²) < 4.78 is 18.7. The SMILES string of the molecule is CC(C)c1ccc(C(=O)COCc2ccccc2F)cc1. The smallest absolute Gasteiger partial charge is 0.188 e. The molecule has 0 bridgehead atoms. The quantitative estimate of drug-likeness (QED) is 0.738. The average Bonchev–Trinajstić information content (AvgIpc) is 2.49.